The summed E-state index contributed by atoms with van der Waals surface area (Å²) in [7, 11) is 1.52. The standard InChI is InChI=1S/C13H12ClNO3.C4H7N3S/c1-17-13-7-10(6-11(8-15)9-16)2-3-12(13)18-5-4-14;1-2-3-6-7-4(5)8-3/h2-3,6-7,9H,4-5H2,1H3;2H2,1H3,(H2,5,7)/b11-6-;. The molecule has 0 aliphatic carbocycles. The molecule has 2 rings (SSSR count). The highest BCUT2D eigenvalue weighted by molar-refractivity contribution is 7.15. The summed E-state index contributed by atoms with van der Waals surface area (Å²) in [5, 5.41) is 17.6. The number of benzene rings is 1. The summed E-state index contributed by atoms with van der Waals surface area (Å²) in [6.45, 7) is 2.41. The molecular formula is C17H19ClN4O3S. The van der Waals surface area contributed by atoms with Gasteiger partial charge in [0, 0.05) is 0 Å². The highest BCUT2D eigenvalue weighted by atomic mass is 35.5. The second-order valence-corrected chi connectivity index (χ2v) is 6.14. The molecule has 2 N–H and O–H groups in total. The van der Waals surface area contributed by atoms with Gasteiger partial charge in [0.2, 0.25) is 5.13 Å². The van der Waals surface area contributed by atoms with Crippen LogP contribution in [0.25, 0.3) is 6.08 Å². The molecule has 0 spiro atoms. The van der Waals surface area contributed by atoms with Gasteiger partial charge in [0.1, 0.15) is 17.7 Å². The van der Waals surface area contributed by atoms with Crippen LogP contribution in [0.15, 0.2) is 23.8 Å². The van der Waals surface area contributed by atoms with Crippen LogP contribution in [0.4, 0.5) is 5.13 Å². The zero-order valence-electron chi connectivity index (χ0n) is 14.4. The van der Waals surface area contributed by atoms with E-state index >= 15 is 0 Å². The Morgan fingerprint density at radius 3 is 2.65 bits per heavy atom. The molecule has 0 unspecified atom stereocenters. The maximum absolute atomic E-state index is 10.5. The van der Waals surface area contributed by atoms with Crippen molar-refractivity contribution in [2.24, 2.45) is 0 Å². The molecule has 26 heavy (non-hydrogen) atoms. The molecule has 0 radical (unpaired) electrons. The fourth-order valence-electron chi connectivity index (χ4n) is 1.72. The first-order valence-electron chi connectivity index (χ1n) is 7.59. The van der Waals surface area contributed by atoms with Crippen LogP contribution in [0, 0.1) is 11.3 Å². The lowest BCUT2D eigenvalue weighted by molar-refractivity contribution is -0.104. The van der Waals surface area contributed by atoms with Gasteiger partial charge in [-0.3, -0.25) is 4.79 Å². The molecule has 1 aromatic carbocycles. The number of halogens is 1. The summed E-state index contributed by atoms with van der Waals surface area (Å²) in [4.78, 5) is 10.5. The van der Waals surface area contributed by atoms with Crippen LogP contribution in [0.5, 0.6) is 11.5 Å². The minimum atomic E-state index is 0.0477. The molecule has 0 bridgehead atoms. The highest BCUT2D eigenvalue weighted by Gasteiger charge is 2.05. The summed E-state index contributed by atoms with van der Waals surface area (Å²) in [6.07, 6.45) is 2.90. The molecule has 9 heteroatoms. The molecular weight excluding hydrogens is 376 g/mol. The van der Waals surface area contributed by atoms with Gasteiger partial charge in [0.15, 0.2) is 17.8 Å². The Kier molecular flexibility index (Phi) is 9.75. The average molecular weight is 395 g/mol. The minimum Gasteiger partial charge on any atom is -0.493 e. The van der Waals surface area contributed by atoms with Crippen LogP contribution >= 0.6 is 22.9 Å². The van der Waals surface area contributed by atoms with E-state index in [-0.39, 0.29) is 5.57 Å². The van der Waals surface area contributed by atoms with E-state index in [4.69, 9.17) is 32.1 Å². The maximum Gasteiger partial charge on any atom is 0.203 e. The van der Waals surface area contributed by atoms with Gasteiger partial charge in [-0.25, -0.2) is 0 Å². The molecule has 1 heterocycles. The number of methoxy groups -OCH3 is 1. The minimum absolute atomic E-state index is 0.0477. The molecule has 138 valence electrons. The van der Waals surface area contributed by atoms with Gasteiger partial charge in [-0.05, 0) is 30.2 Å². The number of carbonyl (C=O) groups is 1. The third kappa shape index (κ3) is 7.09. The number of alkyl halides is 1. The molecule has 0 atom stereocenters. The summed E-state index contributed by atoms with van der Waals surface area (Å²) >= 11 is 6.98. The maximum atomic E-state index is 10.5. The lowest BCUT2D eigenvalue weighted by Gasteiger charge is -2.10. The number of allylic oxidation sites excluding steroid dienone is 1. The number of aryl methyl sites for hydroxylation is 1. The van der Waals surface area contributed by atoms with Crippen LogP contribution in [-0.4, -0.2) is 36.1 Å². The molecule has 7 nitrogen and oxygen atoms in total. The van der Waals surface area contributed by atoms with Gasteiger partial charge in [0.05, 0.1) is 18.6 Å². The topological polar surface area (TPSA) is 111 Å². The van der Waals surface area contributed by atoms with Gasteiger partial charge < -0.3 is 15.2 Å². The predicted octanol–water partition coefficient (Wildman–Crippen LogP) is 3.10. The summed E-state index contributed by atoms with van der Waals surface area (Å²) in [5.74, 6) is 1.48. The Bertz CT molecular complexity index is 787. The Hall–Kier alpha value is -2.63. The molecule has 0 saturated heterocycles. The van der Waals surface area contributed by atoms with Gasteiger partial charge in [0.25, 0.3) is 0 Å². The monoisotopic (exact) mass is 394 g/mol. The summed E-state index contributed by atoms with van der Waals surface area (Å²) < 4.78 is 10.5. The Morgan fingerprint density at radius 2 is 2.19 bits per heavy atom. The SMILES string of the molecule is CCc1nnc(N)s1.COc1cc(/C=C(/C#N)C=O)ccc1OCCCl. The van der Waals surface area contributed by atoms with Crippen molar-refractivity contribution in [1.82, 2.24) is 10.2 Å². The van der Waals surface area contributed by atoms with Crippen molar-refractivity contribution in [3.63, 3.8) is 0 Å². The molecule has 1 aromatic heterocycles. The van der Waals surface area contributed by atoms with Gasteiger partial charge >= 0.3 is 0 Å². The van der Waals surface area contributed by atoms with Crippen molar-refractivity contribution in [1.29, 1.82) is 5.26 Å². The van der Waals surface area contributed by atoms with Gasteiger partial charge in [-0.2, -0.15) is 5.26 Å². The van der Waals surface area contributed by atoms with Crippen LogP contribution in [0.1, 0.15) is 17.5 Å². The van der Waals surface area contributed by atoms with E-state index in [2.05, 4.69) is 10.2 Å². The van der Waals surface area contributed by atoms with Crippen molar-refractivity contribution < 1.29 is 14.3 Å². The van der Waals surface area contributed by atoms with Crippen LogP contribution in [0.3, 0.4) is 0 Å². The van der Waals surface area contributed by atoms with Crippen molar-refractivity contribution in [2.75, 3.05) is 25.3 Å². The van der Waals surface area contributed by atoms with E-state index in [1.807, 2.05) is 6.92 Å². The number of rotatable bonds is 7. The Balaban J connectivity index is 0.000000350. The van der Waals surface area contributed by atoms with Crippen molar-refractivity contribution in [2.45, 2.75) is 13.3 Å². The fourth-order valence-corrected chi connectivity index (χ4v) is 2.35. The van der Waals surface area contributed by atoms with Crippen LogP contribution < -0.4 is 15.2 Å². The zero-order valence-corrected chi connectivity index (χ0v) is 16.0. The number of anilines is 1. The lowest BCUT2D eigenvalue weighted by atomic mass is 10.1. The van der Waals surface area contributed by atoms with E-state index in [1.165, 1.54) is 24.5 Å². The van der Waals surface area contributed by atoms with E-state index in [9.17, 15) is 4.79 Å². The third-order valence-electron chi connectivity index (χ3n) is 2.89. The number of aromatic nitrogens is 2. The third-order valence-corrected chi connectivity index (χ3v) is 3.94. The van der Waals surface area contributed by atoms with E-state index in [1.54, 1.807) is 24.3 Å². The first-order valence-corrected chi connectivity index (χ1v) is 8.94. The normalized spacial score (nSPS) is 10.3. The second-order valence-electron chi connectivity index (χ2n) is 4.66. The molecule has 0 amide bonds. The Morgan fingerprint density at radius 1 is 1.42 bits per heavy atom. The van der Waals surface area contributed by atoms with Gasteiger partial charge in [-0.1, -0.05) is 24.3 Å². The number of aldehydes is 1. The van der Waals surface area contributed by atoms with Gasteiger partial charge in [-0.15, -0.1) is 21.8 Å². The van der Waals surface area contributed by atoms with Crippen molar-refractivity contribution >= 4 is 40.4 Å². The number of ether oxygens (including phenoxy) is 2. The number of nitriles is 1. The Labute approximate surface area is 161 Å². The number of nitrogen functional groups attached to an aromatic ring is 1. The molecule has 2 aromatic rings. The van der Waals surface area contributed by atoms with E-state index in [0.717, 1.165) is 11.4 Å². The quantitative estimate of drug-likeness (QED) is 0.332. The molecule has 0 aliphatic heterocycles. The zero-order chi connectivity index (χ0) is 19.4. The number of nitrogens with zero attached hydrogens (tertiary/aromatic N) is 3. The lowest BCUT2D eigenvalue weighted by Crippen LogP contribution is -2.00. The van der Waals surface area contributed by atoms with E-state index < -0.39 is 0 Å². The summed E-state index contributed by atoms with van der Waals surface area (Å²) in [6, 6.07) is 6.91. The molecule has 0 saturated carbocycles. The first-order chi connectivity index (χ1) is 12.6. The number of nitrogens with two attached hydrogens (primary N) is 1. The van der Waals surface area contributed by atoms with Crippen LogP contribution in [-0.2, 0) is 11.2 Å². The van der Waals surface area contributed by atoms with Crippen molar-refractivity contribution in [3.05, 3.63) is 34.3 Å². The highest BCUT2D eigenvalue weighted by Crippen LogP contribution is 2.28. The second kappa shape index (κ2) is 11.8. The average Bonchev–Trinajstić information content (AvgIpc) is 3.10. The van der Waals surface area contributed by atoms with Crippen LogP contribution in [0.2, 0.25) is 0 Å². The largest absolute Gasteiger partial charge is 0.493 e. The number of hydrogen-bond donors (Lipinski definition) is 1. The van der Waals surface area contributed by atoms with E-state index in [0.29, 0.717) is 41.0 Å². The number of hydrogen-bond acceptors (Lipinski definition) is 8. The first kappa shape index (κ1) is 21.4. The predicted molar refractivity (Wildman–Crippen MR) is 103 cm³/mol. The molecule has 0 aliphatic rings. The smallest absolute Gasteiger partial charge is 0.203 e. The molecule has 0 fully saturated rings. The van der Waals surface area contributed by atoms with Crippen molar-refractivity contribution in [3.8, 4) is 17.6 Å². The number of carbonyl (C=O) groups excluding carboxylic acids is 1. The fraction of sp³-hybridized carbons (Fsp3) is 0.294. The summed E-state index contributed by atoms with van der Waals surface area (Å²) in [5.41, 5.74) is 6.04.